The Hall–Kier alpha value is -1.26. The molecule has 0 aliphatic heterocycles. The molecule has 0 unspecified atom stereocenters. The largest absolute Gasteiger partial charge is 0.364 e. The van der Waals surface area contributed by atoms with Crippen LogP contribution in [0.25, 0.3) is 0 Å². The van der Waals surface area contributed by atoms with Crippen molar-refractivity contribution in [2.24, 2.45) is 5.73 Å². The number of likely N-dealkylation sites (N-methyl/N-ethyl adjacent to an activating group) is 2. The fourth-order valence-electron chi connectivity index (χ4n) is 1.58. The predicted octanol–water partition coefficient (Wildman–Crippen LogP) is 1.32. The molecule has 2 N–H and O–H groups in total. The van der Waals surface area contributed by atoms with E-state index in [4.69, 9.17) is 17.3 Å². The van der Waals surface area contributed by atoms with Crippen molar-refractivity contribution in [2.75, 3.05) is 32.6 Å². The molecule has 94 valence electrons. The second kappa shape index (κ2) is 5.89. The van der Waals surface area contributed by atoms with Crippen molar-refractivity contribution >= 4 is 23.2 Å². The lowest BCUT2D eigenvalue weighted by molar-refractivity contribution is -0.127. The average molecular weight is 256 g/mol. The van der Waals surface area contributed by atoms with Crippen LogP contribution in [0.5, 0.6) is 0 Å². The number of anilines is 1. The molecular weight excluding hydrogens is 238 g/mol. The van der Waals surface area contributed by atoms with Gasteiger partial charge in [0, 0.05) is 27.7 Å². The van der Waals surface area contributed by atoms with Crippen molar-refractivity contribution in [1.29, 1.82) is 0 Å². The third-order valence-electron chi connectivity index (χ3n) is 2.54. The summed E-state index contributed by atoms with van der Waals surface area (Å²) in [5.74, 6) is 0.0235. The zero-order chi connectivity index (χ0) is 13.0. The Balaban J connectivity index is 2.95. The minimum atomic E-state index is 0.0235. The molecule has 4 nitrogen and oxygen atoms in total. The standard InChI is InChI=1S/C12H18ClN3O/c1-15(2)11(17)8-16(3)12-9(7-14)5-4-6-10(12)13/h4-6H,7-8,14H2,1-3H3. The summed E-state index contributed by atoms with van der Waals surface area (Å²) in [6.07, 6.45) is 0. The molecule has 1 aromatic carbocycles. The first-order chi connectivity index (χ1) is 7.97. The summed E-state index contributed by atoms with van der Waals surface area (Å²) >= 11 is 6.14. The Morgan fingerprint density at radius 3 is 2.53 bits per heavy atom. The van der Waals surface area contributed by atoms with Crippen LogP contribution in [-0.2, 0) is 11.3 Å². The van der Waals surface area contributed by atoms with Gasteiger partial charge in [-0.15, -0.1) is 0 Å². The lowest BCUT2D eigenvalue weighted by Crippen LogP contribution is -2.35. The van der Waals surface area contributed by atoms with Crippen LogP contribution in [0.4, 0.5) is 5.69 Å². The molecule has 0 bridgehead atoms. The molecule has 0 aliphatic rings. The van der Waals surface area contributed by atoms with Crippen molar-refractivity contribution < 1.29 is 4.79 Å². The van der Waals surface area contributed by atoms with E-state index in [1.807, 2.05) is 24.1 Å². The van der Waals surface area contributed by atoms with Crippen LogP contribution >= 0.6 is 11.6 Å². The molecule has 0 fully saturated rings. The van der Waals surface area contributed by atoms with Gasteiger partial charge in [-0.25, -0.2) is 0 Å². The highest BCUT2D eigenvalue weighted by molar-refractivity contribution is 6.33. The smallest absolute Gasteiger partial charge is 0.241 e. The summed E-state index contributed by atoms with van der Waals surface area (Å²) < 4.78 is 0. The van der Waals surface area contributed by atoms with Crippen LogP contribution in [0.15, 0.2) is 18.2 Å². The molecule has 0 saturated carbocycles. The Morgan fingerprint density at radius 1 is 1.35 bits per heavy atom. The number of hydrogen-bond donors (Lipinski definition) is 1. The van der Waals surface area contributed by atoms with E-state index < -0.39 is 0 Å². The molecule has 0 atom stereocenters. The Labute approximate surface area is 107 Å². The number of hydrogen-bond acceptors (Lipinski definition) is 3. The molecule has 0 heterocycles. The molecule has 0 saturated heterocycles. The van der Waals surface area contributed by atoms with Crippen molar-refractivity contribution in [1.82, 2.24) is 4.90 Å². The highest BCUT2D eigenvalue weighted by Gasteiger charge is 2.14. The van der Waals surface area contributed by atoms with E-state index in [0.717, 1.165) is 11.3 Å². The number of nitrogens with two attached hydrogens (primary N) is 1. The van der Waals surface area contributed by atoms with E-state index in [2.05, 4.69) is 0 Å². The van der Waals surface area contributed by atoms with Gasteiger partial charge in [-0.2, -0.15) is 0 Å². The lowest BCUT2D eigenvalue weighted by atomic mass is 10.1. The Bertz CT molecular complexity index is 407. The fourth-order valence-corrected chi connectivity index (χ4v) is 1.91. The number of carbonyl (C=O) groups is 1. The zero-order valence-electron chi connectivity index (χ0n) is 10.4. The van der Waals surface area contributed by atoms with Crippen LogP contribution in [0, 0.1) is 0 Å². The van der Waals surface area contributed by atoms with Crippen molar-refractivity contribution in [3.05, 3.63) is 28.8 Å². The third kappa shape index (κ3) is 3.35. The van der Waals surface area contributed by atoms with E-state index in [-0.39, 0.29) is 12.5 Å². The zero-order valence-corrected chi connectivity index (χ0v) is 11.2. The molecule has 17 heavy (non-hydrogen) atoms. The van der Waals surface area contributed by atoms with E-state index in [1.54, 1.807) is 25.1 Å². The molecule has 1 aromatic rings. The van der Waals surface area contributed by atoms with Crippen molar-refractivity contribution in [3.8, 4) is 0 Å². The first kappa shape index (κ1) is 13.8. The number of para-hydroxylation sites is 1. The van der Waals surface area contributed by atoms with Gasteiger partial charge in [0.25, 0.3) is 0 Å². The SMILES string of the molecule is CN(C)C(=O)CN(C)c1c(Cl)cccc1CN. The van der Waals surface area contributed by atoms with Crippen molar-refractivity contribution in [2.45, 2.75) is 6.54 Å². The van der Waals surface area contributed by atoms with E-state index >= 15 is 0 Å². The summed E-state index contributed by atoms with van der Waals surface area (Å²) in [6, 6.07) is 5.57. The molecule has 5 heteroatoms. The average Bonchev–Trinajstić information content (AvgIpc) is 2.27. The lowest BCUT2D eigenvalue weighted by Gasteiger charge is -2.24. The van der Waals surface area contributed by atoms with Gasteiger partial charge in [0.1, 0.15) is 0 Å². The fraction of sp³-hybridized carbons (Fsp3) is 0.417. The van der Waals surface area contributed by atoms with Gasteiger partial charge < -0.3 is 15.5 Å². The summed E-state index contributed by atoms with van der Waals surface area (Å²) in [4.78, 5) is 15.0. The van der Waals surface area contributed by atoms with Gasteiger partial charge in [-0.3, -0.25) is 4.79 Å². The number of halogens is 1. The normalized spacial score (nSPS) is 10.2. The van der Waals surface area contributed by atoms with E-state index in [0.29, 0.717) is 11.6 Å². The predicted molar refractivity (Wildman–Crippen MR) is 71.3 cm³/mol. The van der Waals surface area contributed by atoms with Crippen molar-refractivity contribution in [3.63, 3.8) is 0 Å². The van der Waals surface area contributed by atoms with Gasteiger partial charge in [0.2, 0.25) is 5.91 Å². The van der Waals surface area contributed by atoms with Crippen LogP contribution < -0.4 is 10.6 Å². The van der Waals surface area contributed by atoms with Gasteiger partial charge in [0.15, 0.2) is 0 Å². The van der Waals surface area contributed by atoms with Gasteiger partial charge in [0.05, 0.1) is 17.3 Å². The Kier molecular flexibility index (Phi) is 4.78. The molecule has 0 radical (unpaired) electrons. The quantitative estimate of drug-likeness (QED) is 0.883. The number of amides is 1. The maximum Gasteiger partial charge on any atom is 0.241 e. The summed E-state index contributed by atoms with van der Waals surface area (Å²) in [7, 11) is 5.29. The van der Waals surface area contributed by atoms with E-state index in [1.165, 1.54) is 0 Å². The maximum absolute atomic E-state index is 11.6. The van der Waals surface area contributed by atoms with Crippen LogP contribution in [0.1, 0.15) is 5.56 Å². The maximum atomic E-state index is 11.6. The summed E-state index contributed by atoms with van der Waals surface area (Å²) in [6.45, 7) is 0.681. The van der Waals surface area contributed by atoms with Crippen LogP contribution in [0.3, 0.4) is 0 Å². The Morgan fingerprint density at radius 2 is 2.00 bits per heavy atom. The monoisotopic (exact) mass is 255 g/mol. The molecule has 1 amide bonds. The first-order valence-corrected chi connectivity index (χ1v) is 5.74. The third-order valence-corrected chi connectivity index (χ3v) is 2.85. The number of benzene rings is 1. The number of carbonyl (C=O) groups excluding carboxylic acids is 1. The molecule has 0 aromatic heterocycles. The highest BCUT2D eigenvalue weighted by atomic mass is 35.5. The van der Waals surface area contributed by atoms with Gasteiger partial charge >= 0.3 is 0 Å². The molecule has 1 rings (SSSR count). The molecular formula is C12H18ClN3O. The summed E-state index contributed by atoms with van der Waals surface area (Å²) in [5, 5.41) is 0.613. The summed E-state index contributed by atoms with van der Waals surface area (Å²) in [5.41, 5.74) is 7.43. The minimum Gasteiger partial charge on any atom is -0.364 e. The minimum absolute atomic E-state index is 0.0235. The van der Waals surface area contributed by atoms with Gasteiger partial charge in [-0.1, -0.05) is 23.7 Å². The molecule has 0 spiro atoms. The van der Waals surface area contributed by atoms with E-state index in [9.17, 15) is 4.79 Å². The first-order valence-electron chi connectivity index (χ1n) is 5.36. The van der Waals surface area contributed by atoms with Crippen LogP contribution in [-0.4, -0.2) is 38.5 Å². The second-order valence-corrected chi connectivity index (χ2v) is 4.50. The number of nitrogens with zero attached hydrogens (tertiary/aromatic N) is 2. The van der Waals surface area contributed by atoms with Crippen LogP contribution in [0.2, 0.25) is 5.02 Å². The number of rotatable bonds is 4. The highest BCUT2D eigenvalue weighted by Crippen LogP contribution is 2.28. The second-order valence-electron chi connectivity index (χ2n) is 4.10. The molecule has 0 aliphatic carbocycles. The topological polar surface area (TPSA) is 49.6 Å². The van der Waals surface area contributed by atoms with Gasteiger partial charge in [-0.05, 0) is 11.6 Å².